The second-order valence-corrected chi connectivity index (χ2v) is 5.81. The molecule has 2 atom stereocenters. The van der Waals surface area contributed by atoms with E-state index in [4.69, 9.17) is 5.11 Å². The molecule has 2 aliphatic heterocycles. The van der Waals surface area contributed by atoms with Gasteiger partial charge in [-0.1, -0.05) is 0 Å². The maximum absolute atomic E-state index is 12.3. The van der Waals surface area contributed by atoms with E-state index >= 15 is 0 Å². The van der Waals surface area contributed by atoms with E-state index in [2.05, 4.69) is 15.5 Å². The van der Waals surface area contributed by atoms with Gasteiger partial charge in [-0.2, -0.15) is 0 Å². The summed E-state index contributed by atoms with van der Waals surface area (Å²) < 4.78 is 0. The molecule has 0 saturated carbocycles. The van der Waals surface area contributed by atoms with Crippen molar-refractivity contribution in [1.29, 1.82) is 0 Å². The maximum Gasteiger partial charge on any atom is 0.332 e. The van der Waals surface area contributed by atoms with Crippen LogP contribution in [0, 0.1) is 0 Å². The molecule has 4 N–H and O–H groups in total. The number of nitrogens with one attached hydrogen (secondary N) is 2. The predicted octanol–water partition coefficient (Wildman–Crippen LogP) is -0.845. The summed E-state index contributed by atoms with van der Waals surface area (Å²) in [5.41, 5.74) is 0. The SMILES string of the molecule is O=C(NCC[C@H](O)C(=O)O)C1CCCN1C1CCNCC1. The summed E-state index contributed by atoms with van der Waals surface area (Å²) in [4.78, 5) is 25.1. The van der Waals surface area contributed by atoms with Crippen LogP contribution in [0.4, 0.5) is 0 Å². The second-order valence-electron chi connectivity index (χ2n) is 5.81. The van der Waals surface area contributed by atoms with Crippen LogP contribution in [0.25, 0.3) is 0 Å². The highest BCUT2D eigenvalue weighted by Gasteiger charge is 2.35. The summed E-state index contributed by atoms with van der Waals surface area (Å²) in [7, 11) is 0. The molecular weight excluding hydrogens is 274 g/mol. The molecule has 2 rings (SSSR count). The number of rotatable bonds is 6. The highest BCUT2D eigenvalue weighted by molar-refractivity contribution is 5.82. The topological polar surface area (TPSA) is 102 Å². The van der Waals surface area contributed by atoms with Gasteiger partial charge in [0.2, 0.25) is 5.91 Å². The molecule has 0 bridgehead atoms. The fraction of sp³-hybridized carbons (Fsp3) is 0.857. The number of likely N-dealkylation sites (tertiary alicyclic amines) is 1. The highest BCUT2D eigenvalue weighted by atomic mass is 16.4. The van der Waals surface area contributed by atoms with Crippen molar-refractivity contribution >= 4 is 11.9 Å². The predicted molar refractivity (Wildman–Crippen MR) is 76.9 cm³/mol. The van der Waals surface area contributed by atoms with Crippen LogP contribution < -0.4 is 10.6 Å². The van der Waals surface area contributed by atoms with Gasteiger partial charge in [0.15, 0.2) is 6.10 Å². The minimum atomic E-state index is -1.41. The molecule has 0 aromatic heterocycles. The number of carbonyl (C=O) groups excluding carboxylic acids is 1. The molecule has 1 amide bonds. The number of aliphatic hydroxyl groups excluding tert-OH is 1. The molecule has 0 radical (unpaired) electrons. The van der Waals surface area contributed by atoms with Gasteiger partial charge in [-0.25, -0.2) is 4.79 Å². The highest BCUT2D eigenvalue weighted by Crippen LogP contribution is 2.24. The van der Waals surface area contributed by atoms with Crippen molar-refractivity contribution in [1.82, 2.24) is 15.5 Å². The van der Waals surface area contributed by atoms with Crippen molar-refractivity contribution in [2.24, 2.45) is 0 Å². The Balaban J connectivity index is 1.79. The van der Waals surface area contributed by atoms with Crippen molar-refractivity contribution in [3.05, 3.63) is 0 Å². The smallest absolute Gasteiger partial charge is 0.332 e. The van der Waals surface area contributed by atoms with Gasteiger partial charge in [0.1, 0.15) is 0 Å². The van der Waals surface area contributed by atoms with E-state index in [1.54, 1.807) is 0 Å². The molecular formula is C14H25N3O4. The number of carboxylic acid groups (broad SMARTS) is 1. The molecule has 0 aliphatic carbocycles. The van der Waals surface area contributed by atoms with Gasteiger partial charge in [0.25, 0.3) is 0 Å². The molecule has 7 nitrogen and oxygen atoms in total. The van der Waals surface area contributed by atoms with Crippen LogP contribution >= 0.6 is 0 Å². The number of piperidine rings is 1. The number of nitrogens with zero attached hydrogens (tertiary/aromatic N) is 1. The van der Waals surface area contributed by atoms with Crippen LogP contribution in [0.1, 0.15) is 32.1 Å². The van der Waals surface area contributed by atoms with Gasteiger partial charge in [-0.05, 0) is 45.3 Å². The van der Waals surface area contributed by atoms with E-state index in [1.807, 2.05) is 0 Å². The molecule has 1 unspecified atom stereocenters. The Bertz CT molecular complexity index is 371. The van der Waals surface area contributed by atoms with Crippen molar-refractivity contribution in [3.8, 4) is 0 Å². The van der Waals surface area contributed by atoms with Gasteiger partial charge >= 0.3 is 5.97 Å². The summed E-state index contributed by atoms with van der Waals surface area (Å²) >= 11 is 0. The first-order chi connectivity index (χ1) is 10.1. The molecule has 2 aliphatic rings. The van der Waals surface area contributed by atoms with E-state index in [0.29, 0.717) is 6.04 Å². The fourth-order valence-electron chi connectivity index (χ4n) is 3.22. The zero-order valence-electron chi connectivity index (χ0n) is 12.3. The van der Waals surface area contributed by atoms with Crippen LogP contribution in [0.2, 0.25) is 0 Å². The lowest BCUT2D eigenvalue weighted by Gasteiger charge is -2.35. The fourth-order valence-corrected chi connectivity index (χ4v) is 3.22. The average molecular weight is 299 g/mol. The molecule has 0 spiro atoms. The zero-order chi connectivity index (χ0) is 15.2. The van der Waals surface area contributed by atoms with Gasteiger partial charge in [-0.15, -0.1) is 0 Å². The van der Waals surface area contributed by atoms with E-state index < -0.39 is 12.1 Å². The Morgan fingerprint density at radius 3 is 2.67 bits per heavy atom. The summed E-state index contributed by atoms with van der Waals surface area (Å²) in [5.74, 6) is -1.29. The van der Waals surface area contributed by atoms with E-state index in [1.165, 1.54) is 0 Å². The molecule has 120 valence electrons. The molecule has 2 fully saturated rings. The third-order valence-electron chi connectivity index (χ3n) is 4.38. The van der Waals surface area contributed by atoms with Crippen molar-refractivity contribution in [2.75, 3.05) is 26.2 Å². The van der Waals surface area contributed by atoms with Crippen LogP contribution in [0.15, 0.2) is 0 Å². The van der Waals surface area contributed by atoms with Crippen LogP contribution in [-0.4, -0.2) is 71.4 Å². The van der Waals surface area contributed by atoms with E-state index in [9.17, 15) is 14.7 Å². The normalized spacial score (nSPS) is 25.7. The second kappa shape index (κ2) is 7.72. The lowest BCUT2D eigenvalue weighted by molar-refractivity contribution is -0.147. The Labute approximate surface area is 124 Å². The largest absolute Gasteiger partial charge is 0.479 e. The first kappa shape index (κ1) is 16.2. The van der Waals surface area contributed by atoms with Crippen LogP contribution in [0.5, 0.6) is 0 Å². The third-order valence-corrected chi connectivity index (χ3v) is 4.38. The van der Waals surface area contributed by atoms with Crippen molar-refractivity contribution in [3.63, 3.8) is 0 Å². The molecule has 2 heterocycles. The minimum Gasteiger partial charge on any atom is -0.479 e. The van der Waals surface area contributed by atoms with Crippen molar-refractivity contribution in [2.45, 2.75) is 50.3 Å². The van der Waals surface area contributed by atoms with Crippen molar-refractivity contribution < 1.29 is 19.8 Å². The Hall–Kier alpha value is -1.18. The zero-order valence-corrected chi connectivity index (χ0v) is 12.3. The van der Waals surface area contributed by atoms with Gasteiger partial charge in [-0.3, -0.25) is 9.69 Å². The first-order valence-electron chi connectivity index (χ1n) is 7.74. The maximum atomic E-state index is 12.3. The molecule has 0 aromatic rings. The number of aliphatic carboxylic acids is 1. The quantitative estimate of drug-likeness (QED) is 0.510. The van der Waals surface area contributed by atoms with Gasteiger partial charge in [0.05, 0.1) is 6.04 Å². The average Bonchev–Trinajstić information content (AvgIpc) is 2.97. The lowest BCUT2D eigenvalue weighted by atomic mass is 10.0. The molecule has 2 saturated heterocycles. The summed E-state index contributed by atoms with van der Waals surface area (Å²) in [6, 6.07) is 0.365. The third kappa shape index (κ3) is 4.39. The molecule has 7 heteroatoms. The van der Waals surface area contributed by atoms with E-state index in [0.717, 1.165) is 45.3 Å². The number of hydrogen-bond donors (Lipinski definition) is 4. The molecule has 21 heavy (non-hydrogen) atoms. The summed E-state index contributed by atoms with van der Waals surface area (Å²) in [5, 5.41) is 23.9. The number of carbonyl (C=O) groups is 2. The van der Waals surface area contributed by atoms with Gasteiger partial charge in [0, 0.05) is 19.0 Å². The number of aliphatic hydroxyl groups is 1. The standard InChI is InChI=1S/C14H25N3O4/c18-12(14(20)21)5-8-16-13(19)11-2-1-9-17(11)10-3-6-15-7-4-10/h10-12,15,18H,1-9H2,(H,16,19)(H,20,21)/t11?,12-/m0/s1. The van der Waals surface area contributed by atoms with Crippen LogP contribution in [-0.2, 0) is 9.59 Å². The number of amides is 1. The van der Waals surface area contributed by atoms with Gasteiger partial charge < -0.3 is 20.8 Å². The Morgan fingerprint density at radius 2 is 2.00 bits per heavy atom. The monoisotopic (exact) mass is 299 g/mol. The Morgan fingerprint density at radius 1 is 1.29 bits per heavy atom. The van der Waals surface area contributed by atoms with Crippen LogP contribution in [0.3, 0.4) is 0 Å². The number of carboxylic acids is 1. The summed E-state index contributed by atoms with van der Waals surface area (Å²) in [6.07, 6.45) is 2.66. The minimum absolute atomic E-state index is 0.0383. The van der Waals surface area contributed by atoms with E-state index in [-0.39, 0.29) is 24.9 Å². The number of hydrogen-bond acceptors (Lipinski definition) is 5. The Kier molecular flexibility index (Phi) is 5.96. The lowest BCUT2D eigenvalue weighted by Crippen LogP contribution is -2.51. The first-order valence-corrected chi connectivity index (χ1v) is 7.74. The summed E-state index contributed by atoms with van der Waals surface area (Å²) in [6.45, 7) is 3.16. The molecule has 0 aromatic carbocycles.